The van der Waals surface area contributed by atoms with Gasteiger partial charge in [0.05, 0.1) is 4.47 Å². The van der Waals surface area contributed by atoms with Crippen LogP contribution in [0.3, 0.4) is 0 Å². The summed E-state index contributed by atoms with van der Waals surface area (Å²) in [5.41, 5.74) is 0.663. The van der Waals surface area contributed by atoms with Gasteiger partial charge >= 0.3 is 0 Å². The van der Waals surface area contributed by atoms with Crippen LogP contribution in [0.15, 0.2) is 45.5 Å². The van der Waals surface area contributed by atoms with Gasteiger partial charge in [-0.25, -0.2) is 9.37 Å². The number of nitrogens with zero attached hydrogens (tertiary/aromatic N) is 1. The van der Waals surface area contributed by atoms with E-state index in [0.29, 0.717) is 16.0 Å². The Morgan fingerprint density at radius 2 is 1.94 bits per heavy atom. The van der Waals surface area contributed by atoms with E-state index in [-0.39, 0.29) is 5.82 Å². The zero-order chi connectivity index (χ0) is 11.5. The molecule has 1 aromatic carbocycles. The van der Waals surface area contributed by atoms with Crippen LogP contribution in [0.2, 0.25) is 0 Å². The molecule has 1 aromatic heterocycles. The second-order valence-corrected chi connectivity index (χ2v) is 4.89. The van der Waals surface area contributed by atoms with Gasteiger partial charge in [-0.05, 0) is 62.2 Å². The fourth-order valence-corrected chi connectivity index (χ4v) is 1.65. The highest BCUT2D eigenvalue weighted by Crippen LogP contribution is 2.22. The molecule has 0 radical (unpaired) electrons. The van der Waals surface area contributed by atoms with E-state index in [1.54, 1.807) is 18.3 Å². The summed E-state index contributed by atoms with van der Waals surface area (Å²) in [5.74, 6) is 0.368. The number of hydrogen-bond donors (Lipinski definition) is 1. The monoisotopic (exact) mass is 344 g/mol. The van der Waals surface area contributed by atoms with E-state index >= 15 is 0 Å². The van der Waals surface area contributed by atoms with Crippen molar-refractivity contribution in [1.29, 1.82) is 0 Å². The molecule has 0 atom stereocenters. The fraction of sp³-hybridized carbons (Fsp3) is 0. The van der Waals surface area contributed by atoms with E-state index in [4.69, 9.17) is 0 Å². The molecule has 0 aliphatic heterocycles. The second-order valence-electron chi connectivity index (χ2n) is 3.12. The van der Waals surface area contributed by atoms with E-state index in [1.165, 1.54) is 6.07 Å². The van der Waals surface area contributed by atoms with Gasteiger partial charge < -0.3 is 5.32 Å². The predicted octanol–water partition coefficient (Wildman–Crippen LogP) is 4.49. The zero-order valence-corrected chi connectivity index (χ0v) is 11.2. The highest BCUT2D eigenvalue weighted by molar-refractivity contribution is 9.10. The van der Waals surface area contributed by atoms with E-state index in [2.05, 4.69) is 42.2 Å². The minimum absolute atomic E-state index is 0.304. The molecule has 82 valence electrons. The molecule has 16 heavy (non-hydrogen) atoms. The van der Waals surface area contributed by atoms with E-state index in [0.717, 1.165) is 4.47 Å². The maximum absolute atomic E-state index is 13.2. The number of nitrogens with one attached hydrogen (secondary N) is 1. The van der Waals surface area contributed by atoms with Crippen LogP contribution >= 0.6 is 31.9 Å². The normalized spacial score (nSPS) is 10.2. The molecule has 0 saturated heterocycles. The van der Waals surface area contributed by atoms with Gasteiger partial charge in [-0.15, -0.1) is 0 Å². The average molecular weight is 346 g/mol. The molecule has 1 heterocycles. The minimum atomic E-state index is -0.304. The SMILES string of the molecule is Fc1cc(Nc2ccc(Br)cn2)ccc1Br. The maximum Gasteiger partial charge on any atom is 0.139 e. The third-order valence-corrected chi connectivity index (χ3v) is 3.03. The van der Waals surface area contributed by atoms with Crippen molar-refractivity contribution in [3.05, 3.63) is 51.3 Å². The van der Waals surface area contributed by atoms with Crippen LogP contribution in [0.25, 0.3) is 0 Å². The number of aromatic nitrogens is 1. The largest absolute Gasteiger partial charge is 0.340 e. The first-order valence-corrected chi connectivity index (χ1v) is 6.07. The average Bonchev–Trinajstić information content (AvgIpc) is 2.27. The van der Waals surface area contributed by atoms with Crippen LogP contribution in [-0.2, 0) is 0 Å². The molecule has 5 heteroatoms. The van der Waals surface area contributed by atoms with Crippen LogP contribution in [0, 0.1) is 5.82 Å². The van der Waals surface area contributed by atoms with Gasteiger partial charge in [0.25, 0.3) is 0 Å². The number of halogens is 3. The lowest BCUT2D eigenvalue weighted by Crippen LogP contribution is -1.93. The first-order chi connectivity index (χ1) is 7.65. The first kappa shape index (κ1) is 11.5. The Hall–Kier alpha value is -0.940. The van der Waals surface area contributed by atoms with Gasteiger partial charge in [0.2, 0.25) is 0 Å². The predicted molar refractivity (Wildman–Crippen MR) is 69.3 cm³/mol. The molecule has 0 spiro atoms. The van der Waals surface area contributed by atoms with Gasteiger partial charge in [0, 0.05) is 16.4 Å². The van der Waals surface area contributed by atoms with Gasteiger partial charge in [-0.2, -0.15) is 0 Å². The molecule has 0 saturated carbocycles. The van der Waals surface area contributed by atoms with Gasteiger partial charge in [0.1, 0.15) is 11.6 Å². The number of hydrogen-bond acceptors (Lipinski definition) is 2. The highest BCUT2D eigenvalue weighted by atomic mass is 79.9. The summed E-state index contributed by atoms with van der Waals surface area (Å²) in [6.07, 6.45) is 1.68. The highest BCUT2D eigenvalue weighted by Gasteiger charge is 2.01. The maximum atomic E-state index is 13.2. The van der Waals surface area contributed by atoms with Crippen LogP contribution < -0.4 is 5.32 Å². The Bertz CT molecular complexity index is 500. The minimum Gasteiger partial charge on any atom is -0.340 e. The van der Waals surface area contributed by atoms with E-state index < -0.39 is 0 Å². The molecule has 1 N–H and O–H groups in total. The van der Waals surface area contributed by atoms with Crippen molar-refractivity contribution in [3.8, 4) is 0 Å². The Morgan fingerprint density at radius 3 is 2.56 bits per heavy atom. The van der Waals surface area contributed by atoms with Crippen LogP contribution in [0.4, 0.5) is 15.9 Å². The molecule has 0 aliphatic carbocycles. The summed E-state index contributed by atoms with van der Waals surface area (Å²) in [4.78, 5) is 4.13. The first-order valence-electron chi connectivity index (χ1n) is 4.49. The second kappa shape index (κ2) is 4.93. The summed E-state index contributed by atoms with van der Waals surface area (Å²) >= 11 is 6.40. The zero-order valence-electron chi connectivity index (χ0n) is 8.05. The Morgan fingerprint density at radius 1 is 1.12 bits per heavy atom. The molecule has 2 aromatic rings. The van der Waals surface area contributed by atoms with Crippen molar-refractivity contribution in [1.82, 2.24) is 4.98 Å². The lowest BCUT2D eigenvalue weighted by atomic mass is 10.3. The van der Waals surface area contributed by atoms with Crippen molar-refractivity contribution >= 4 is 43.4 Å². The topological polar surface area (TPSA) is 24.9 Å². The van der Waals surface area contributed by atoms with Gasteiger partial charge in [0.15, 0.2) is 0 Å². The summed E-state index contributed by atoms with van der Waals surface area (Å²) in [5, 5.41) is 3.01. The molecule has 0 aliphatic rings. The summed E-state index contributed by atoms with van der Waals surface area (Å²) < 4.78 is 14.6. The lowest BCUT2D eigenvalue weighted by Gasteiger charge is -2.05. The lowest BCUT2D eigenvalue weighted by molar-refractivity contribution is 0.622. The molecule has 0 amide bonds. The number of pyridine rings is 1. The third-order valence-electron chi connectivity index (χ3n) is 1.92. The van der Waals surface area contributed by atoms with Crippen molar-refractivity contribution in [3.63, 3.8) is 0 Å². The van der Waals surface area contributed by atoms with Crippen molar-refractivity contribution in [2.24, 2.45) is 0 Å². The Labute approximate surface area is 109 Å². The van der Waals surface area contributed by atoms with Crippen LogP contribution in [0.1, 0.15) is 0 Å². The molecule has 0 unspecified atom stereocenters. The Balaban J connectivity index is 2.20. The van der Waals surface area contributed by atoms with Gasteiger partial charge in [-0.1, -0.05) is 0 Å². The number of benzene rings is 1. The molecule has 0 fully saturated rings. The summed E-state index contributed by atoms with van der Waals surface area (Å²) in [7, 11) is 0. The molecule has 2 nitrogen and oxygen atoms in total. The molecule has 0 bridgehead atoms. The van der Waals surface area contributed by atoms with E-state index in [1.807, 2.05) is 12.1 Å². The fourth-order valence-electron chi connectivity index (χ4n) is 1.17. The van der Waals surface area contributed by atoms with Crippen molar-refractivity contribution in [2.75, 3.05) is 5.32 Å². The van der Waals surface area contributed by atoms with Crippen LogP contribution in [-0.4, -0.2) is 4.98 Å². The molecular formula is C11H7Br2FN2. The van der Waals surface area contributed by atoms with Gasteiger partial charge in [-0.3, -0.25) is 0 Å². The standard InChI is InChI=1S/C11H7Br2FN2/c12-7-1-4-11(15-6-7)16-8-2-3-9(13)10(14)5-8/h1-6H,(H,15,16). The summed E-state index contributed by atoms with van der Waals surface area (Å²) in [6, 6.07) is 8.51. The summed E-state index contributed by atoms with van der Waals surface area (Å²) in [6.45, 7) is 0. The van der Waals surface area contributed by atoms with Crippen molar-refractivity contribution in [2.45, 2.75) is 0 Å². The molecule has 2 rings (SSSR count). The number of rotatable bonds is 2. The van der Waals surface area contributed by atoms with Crippen LogP contribution in [0.5, 0.6) is 0 Å². The Kier molecular flexibility index (Phi) is 3.56. The third kappa shape index (κ3) is 2.80. The van der Waals surface area contributed by atoms with Crippen molar-refractivity contribution < 1.29 is 4.39 Å². The molecular weight excluding hydrogens is 339 g/mol. The van der Waals surface area contributed by atoms with E-state index in [9.17, 15) is 4.39 Å². The smallest absolute Gasteiger partial charge is 0.139 e. The quantitative estimate of drug-likeness (QED) is 0.867. The number of anilines is 2.